The molecule has 0 atom stereocenters. The van der Waals surface area contributed by atoms with Crippen molar-refractivity contribution in [1.82, 2.24) is 19.6 Å². The van der Waals surface area contributed by atoms with Gasteiger partial charge in [0.15, 0.2) is 0 Å². The number of hydrogen-bond acceptors (Lipinski definition) is 5. The molecular formula is C21H20N4O4S. The average Bonchev–Trinajstić information content (AvgIpc) is 3.39. The van der Waals surface area contributed by atoms with Crippen LogP contribution in [-0.2, 0) is 30.2 Å². The van der Waals surface area contributed by atoms with E-state index >= 15 is 0 Å². The number of aryl methyl sites for hydroxylation is 1. The number of rotatable bonds is 7. The lowest BCUT2D eigenvalue weighted by atomic mass is 10.2. The number of para-hydroxylation sites is 2. The van der Waals surface area contributed by atoms with Crippen LogP contribution in [-0.4, -0.2) is 23.9 Å². The number of hydrogen-bond donors (Lipinski definition) is 2. The predicted octanol–water partition coefficient (Wildman–Crippen LogP) is 2.57. The molecule has 4 aromatic rings. The highest BCUT2D eigenvalue weighted by Gasteiger charge is 2.17. The minimum atomic E-state index is -3.79. The third-order valence-corrected chi connectivity index (χ3v) is 6.11. The molecule has 2 aromatic carbocycles. The molecule has 0 radical (unpaired) electrons. The number of sulfonamides is 1. The van der Waals surface area contributed by atoms with Gasteiger partial charge in [-0.2, -0.15) is 0 Å². The van der Waals surface area contributed by atoms with E-state index in [-0.39, 0.29) is 29.5 Å². The number of amides is 1. The minimum absolute atomic E-state index is 0.00411. The second-order valence-corrected chi connectivity index (χ2v) is 8.46. The van der Waals surface area contributed by atoms with E-state index in [1.54, 1.807) is 18.2 Å². The van der Waals surface area contributed by atoms with Gasteiger partial charge in [0.05, 0.1) is 35.3 Å². The number of furan rings is 1. The Morgan fingerprint density at radius 2 is 1.90 bits per heavy atom. The summed E-state index contributed by atoms with van der Waals surface area (Å²) >= 11 is 0. The Morgan fingerprint density at radius 3 is 2.67 bits per heavy atom. The largest absolute Gasteiger partial charge is 0.468 e. The molecule has 0 bridgehead atoms. The van der Waals surface area contributed by atoms with E-state index in [0.29, 0.717) is 11.6 Å². The lowest BCUT2D eigenvalue weighted by Gasteiger charge is -2.09. The summed E-state index contributed by atoms with van der Waals surface area (Å²) in [5.74, 6) is 0.813. The van der Waals surface area contributed by atoms with Gasteiger partial charge in [0, 0.05) is 12.6 Å². The van der Waals surface area contributed by atoms with Gasteiger partial charge in [-0.1, -0.05) is 18.2 Å². The van der Waals surface area contributed by atoms with Gasteiger partial charge in [-0.05, 0) is 42.5 Å². The molecule has 8 nitrogen and oxygen atoms in total. The zero-order chi connectivity index (χ0) is 21.1. The Morgan fingerprint density at radius 1 is 1.07 bits per heavy atom. The maximum atomic E-state index is 12.6. The number of nitrogens with one attached hydrogen (secondary N) is 2. The Hall–Kier alpha value is -3.43. The topological polar surface area (TPSA) is 106 Å². The second-order valence-electron chi connectivity index (χ2n) is 6.69. The van der Waals surface area contributed by atoms with E-state index < -0.39 is 10.0 Å². The molecule has 2 N–H and O–H groups in total. The third-order valence-electron chi connectivity index (χ3n) is 4.71. The Labute approximate surface area is 173 Å². The van der Waals surface area contributed by atoms with E-state index in [2.05, 4.69) is 15.0 Å². The molecule has 0 saturated carbocycles. The van der Waals surface area contributed by atoms with Crippen LogP contribution >= 0.6 is 0 Å². The van der Waals surface area contributed by atoms with Crippen LogP contribution in [0.5, 0.6) is 0 Å². The highest BCUT2D eigenvalue weighted by Crippen LogP contribution is 2.15. The monoisotopic (exact) mass is 424 g/mol. The maximum absolute atomic E-state index is 12.6. The molecule has 0 fully saturated rings. The van der Waals surface area contributed by atoms with Crippen LogP contribution < -0.4 is 10.0 Å². The van der Waals surface area contributed by atoms with Crippen molar-refractivity contribution in [3.8, 4) is 0 Å². The number of nitrogens with zero attached hydrogens (tertiary/aromatic N) is 2. The standard InChI is InChI=1S/C21H20N4O4S/c1-25-19-10-3-2-9-18(19)24-20(25)14-22-21(26)15-6-4-8-17(12-15)30(27,28)23-13-16-7-5-11-29-16/h2-12,23H,13-14H2,1H3,(H,22,26). The zero-order valence-electron chi connectivity index (χ0n) is 16.2. The number of carbonyl (C=O) groups excluding carboxylic acids is 1. The van der Waals surface area contributed by atoms with Gasteiger partial charge in [0.2, 0.25) is 10.0 Å². The highest BCUT2D eigenvalue weighted by molar-refractivity contribution is 7.89. The van der Waals surface area contributed by atoms with Crippen molar-refractivity contribution >= 4 is 27.0 Å². The molecule has 0 aliphatic heterocycles. The fourth-order valence-corrected chi connectivity index (χ4v) is 4.12. The number of benzene rings is 2. The van der Waals surface area contributed by atoms with Crippen LogP contribution in [0.1, 0.15) is 21.9 Å². The number of aromatic nitrogens is 2. The Balaban J connectivity index is 1.46. The lowest BCUT2D eigenvalue weighted by Crippen LogP contribution is -2.26. The fraction of sp³-hybridized carbons (Fsp3) is 0.143. The first-order chi connectivity index (χ1) is 14.4. The molecule has 30 heavy (non-hydrogen) atoms. The van der Waals surface area contributed by atoms with Crippen LogP contribution in [0.15, 0.2) is 76.2 Å². The molecule has 0 unspecified atom stereocenters. The van der Waals surface area contributed by atoms with Gasteiger partial charge in [-0.15, -0.1) is 0 Å². The first-order valence-corrected chi connectivity index (χ1v) is 10.7. The molecule has 2 heterocycles. The summed E-state index contributed by atoms with van der Waals surface area (Å²) in [7, 11) is -1.91. The van der Waals surface area contributed by atoms with E-state index in [1.165, 1.54) is 24.5 Å². The first-order valence-electron chi connectivity index (χ1n) is 9.25. The normalized spacial score (nSPS) is 11.6. The van der Waals surface area contributed by atoms with Crippen LogP contribution in [0.25, 0.3) is 11.0 Å². The molecular weight excluding hydrogens is 404 g/mol. The summed E-state index contributed by atoms with van der Waals surface area (Å²) in [5.41, 5.74) is 2.06. The molecule has 9 heteroatoms. The second kappa shape index (κ2) is 8.13. The summed E-state index contributed by atoms with van der Waals surface area (Å²) in [6.45, 7) is 0.246. The van der Waals surface area contributed by atoms with Crippen molar-refractivity contribution in [2.45, 2.75) is 18.0 Å². The number of carbonyl (C=O) groups is 1. The smallest absolute Gasteiger partial charge is 0.251 e. The van der Waals surface area contributed by atoms with E-state index in [9.17, 15) is 13.2 Å². The predicted molar refractivity (Wildman–Crippen MR) is 111 cm³/mol. The van der Waals surface area contributed by atoms with Gasteiger partial charge in [-0.25, -0.2) is 18.1 Å². The quantitative estimate of drug-likeness (QED) is 0.474. The van der Waals surface area contributed by atoms with Crippen LogP contribution in [0.4, 0.5) is 0 Å². The summed E-state index contributed by atoms with van der Waals surface area (Å²) in [6, 6.07) is 16.9. The molecule has 0 saturated heterocycles. The lowest BCUT2D eigenvalue weighted by molar-refractivity contribution is 0.0949. The summed E-state index contributed by atoms with van der Waals surface area (Å²) in [5, 5.41) is 2.80. The van der Waals surface area contributed by atoms with Crippen molar-refractivity contribution in [3.05, 3.63) is 84.1 Å². The molecule has 0 spiro atoms. The summed E-state index contributed by atoms with van der Waals surface area (Å²) in [4.78, 5) is 17.1. The highest BCUT2D eigenvalue weighted by atomic mass is 32.2. The molecule has 154 valence electrons. The van der Waals surface area contributed by atoms with Crippen LogP contribution in [0.2, 0.25) is 0 Å². The number of imidazole rings is 1. The van der Waals surface area contributed by atoms with Crippen molar-refractivity contribution < 1.29 is 17.6 Å². The molecule has 0 aliphatic rings. The van der Waals surface area contributed by atoms with Gasteiger partial charge >= 0.3 is 0 Å². The summed E-state index contributed by atoms with van der Waals surface area (Å²) in [6.07, 6.45) is 1.47. The van der Waals surface area contributed by atoms with E-state index in [4.69, 9.17) is 4.42 Å². The third kappa shape index (κ3) is 4.12. The SMILES string of the molecule is Cn1c(CNC(=O)c2cccc(S(=O)(=O)NCc3ccco3)c2)nc2ccccc21. The van der Waals surface area contributed by atoms with Crippen molar-refractivity contribution in [3.63, 3.8) is 0 Å². The number of fused-ring (bicyclic) bond motifs is 1. The first kappa shape index (κ1) is 19.9. The Bertz CT molecular complexity index is 1290. The summed E-state index contributed by atoms with van der Waals surface area (Å²) < 4.78 is 34.6. The van der Waals surface area contributed by atoms with Crippen LogP contribution in [0.3, 0.4) is 0 Å². The minimum Gasteiger partial charge on any atom is -0.468 e. The van der Waals surface area contributed by atoms with E-state index in [0.717, 1.165) is 11.0 Å². The maximum Gasteiger partial charge on any atom is 0.251 e. The fourth-order valence-electron chi connectivity index (χ4n) is 3.08. The van der Waals surface area contributed by atoms with Crippen molar-refractivity contribution in [2.24, 2.45) is 7.05 Å². The van der Waals surface area contributed by atoms with Crippen molar-refractivity contribution in [1.29, 1.82) is 0 Å². The molecule has 0 aliphatic carbocycles. The van der Waals surface area contributed by atoms with Gasteiger partial charge in [0.1, 0.15) is 11.6 Å². The van der Waals surface area contributed by atoms with Gasteiger partial charge in [0.25, 0.3) is 5.91 Å². The molecule has 4 rings (SSSR count). The van der Waals surface area contributed by atoms with E-state index in [1.807, 2.05) is 35.9 Å². The average molecular weight is 424 g/mol. The molecule has 1 amide bonds. The van der Waals surface area contributed by atoms with Crippen molar-refractivity contribution in [2.75, 3.05) is 0 Å². The van der Waals surface area contributed by atoms with Crippen LogP contribution in [0, 0.1) is 0 Å². The van der Waals surface area contributed by atoms with Gasteiger partial charge < -0.3 is 14.3 Å². The van der Waals surface area contributed by atoms with Gasteiger partial charge in [-0.3, -0.25) is 4.79 Å². The zero-order valence-corrected chi connectivity index (χ0v) is 17.0. The molecule has 2 aromatic heterocycles. The Kier molecular flexibility index (Phi) is 5.39.